The summed E-state index contributed by atoms with van der Waals surface area (Å²) in [5, 5.41) is 2.79. The van der Waals surface area contributed by atoms with Crippen molar-refractivity contribution in [2.75, 3.05) is 6.54 Å². The summed E-state index contributed by atoms with van der Waals surface area (Å²) < 4.78 is 17.9. The molecule has 36 heavy (non-hydrogen) atoms. The molecule has 1 fully saturated rings. The van der Waals surface area contributed by atoms with Crippen LogP contribution in [0.25, 0.3) is 17.2 Å². The summed E-state index contributed by atoms with van der Waals surface area (Å²) in [7, 11) is -0.698. The predicted octanol–water partition coefficient (Wildman–Crippen LogP) is 5.27. The maximum atomic E-state index is 12.7. The Morgan fingerprint density at radius 2 is 1.47 bits per heavy atom. The van der Waals surface area contributed by atoms with Crippen molar-refractivity contribution in [2.45, 2.75) is 65.3 Å². The molecule has 0 spiro atoms. The van der Waals surface area contributed by atoms with Crippen LogP contribution in [0.2, 0.25) is 0 Å². The number of amides is 1. The van der Waals surface area contributed by atoms with Gasteiger partial charge in [-0.15, -0.1) is 0 Å². The molecule has 1 aliphatic carbocycles. The van der Waals surface area contributed by atoms with Crippen LogP contribution in [0, 0.1) is 0 Å². The molecule has 0 aromatic heterocycles. The molecule has 1 heterocycles. The average Bonchev–Trinajstić information content (AvgIpc) is 3.00. The van der Waals surface area contributed by atoms with Crippen LogP contribution in [0.15, 0.2) is 47.9 Å². The largest absolute Gasteiger partial charge is 0.492 e. The molecule has 0 atom stereocenters. The van der Waals surface area contributed by atoms with Gasteiger partial charge in [-0.25, -0.2) is 4.79 Å². The topological polar surface area (TPSA) is 90.9 Å². The van der Waals surface area contributed by atoms with E-state index in [1.54, 1.807) is 45.0 Å². The number of nitrogens with one attached hydrogen (secondary N) is 1. The summed E-state index contributed by atoms with van der Waals surface area (Å²) in [6.07, 6.45) is 1.33. The number of carbonyl (C=O) groups excluding carboxylic acids is 3. The molecule has 2 aromatic rings. The van der Waals surface area contributed by atoms with E-state index in [1.165, 1.54) is 0 Å². The van der Waals surface area contributed by atoms with Gasteiger partial charge in [-0.05, 0) is 82.8 Å². The number of hydrogen-bond donors (Lipinski definition) is 1. The number of Topliss-reactive ketones (excluding diaryl/α,β-unsaturated/α-hetero) is 2. The van der Waals surface area contributed by atoms with E-state index in [0.717, 1.165) is 11.1 Å². The fourth-order valence-corrected chi connectivity index (χ4v) is 4.13. The molecular weight excluding hydrogens is 457 g/mol. The number of fused-ring (bicyclic) bond motifs is 3. The van der Waals surface area contributed by atoms with Crippen LogP contribution in [0.4, 0.5) is 4.79 Å². The number of rotatable bonds is 4. The zero-order chi connectivity index (χ0) is 26.5. The molecule has 1 N–H and O–H groups in total. The maximum absolute atomic E-state index is 12.7. The van der Waals surface area contributed by atoms with Gasteiger partial charge in [0.25, 0.3) is 0 Å². The third kappa shape index (κ3) is 5.01. The Kier molecular flexibility index (Phi) is 6.48. The molecule has 8 heteroatoms. The van der Waals surface area contributed by atoms with E-state index in [-0.39, 0.29) is 6.54 Å². The van der Waals surface area contributed by atoms with Crippen LogP contribution in [0.5, 0.6) is 0 Å². The van der Waals surface area contributed by atoms with Crippen LogP contribution >= 0.6 is 0 Å². The van der Waals surface area contributed by atoms with Crippen LogP contribution in [-0.4, -0.2) is 48.1 Å². The van der Waals surface area contributed by atoms with E-state index in [2.05, 4.69) is 5.32 Å². The monoisotopic (exact) mass is 489 g/mol. The van der Waals surface area contributed by atoms with Crippen LogP contribution in [-0.2, 0) is 14.0 Å². The van der Waals surface area contributed by atoms with E-state index in [1.807, 2.05) is 52.0 Å². The Hall–Kier alpha value is -3.23. The molecule has 4 rings (SSSR count). The minimum atomic E-state index is -0.698. The fraction of sp³-hybridized carbons (Fsp3) is 0.393. The zero-order valence-electron chi connectivity index (χ0n) is 21.9. The van der Waals surface area contributed by atoms with Crippen molar-refractivity contribution in [2.24, 2.45) is 0 Å². The number of benzene rings is 2. The first-order chi connectivity index (χ1) is 16.7. The van der Waals surface area contributed by atoms with E-state index < -0.39 is 41.6 Å². The molecule has 0 unspecified atom stereocenters. The molecule has 0 bridgehead atoms. The van der Waals surface area contributed by atoms with Crippen molar-refractivity contribution in [1.29, 1.82) is 0 Å². The van der Waals surface area contributed by atoms with Gasteiger partial charge in [0.2, 0.25) is 11.6 Å². The lowest BCUT2D eigenvalue weighted by Crippen LogP contribution is -2.41. The lowest BCUT2D eigenvalue weighted by Gasteiger charge is -2.32. The lowest BCUT2D eigenvalue weighted by molar-refractivity contribution is 0.00578. The van der Waals surface area contributed by atoms with Gasteiger partial charge in [0, 0.05) is 17.7 Å². The van der Waals surface area contributed by atoms with Gasteiger partial charge in [0.15, 0.2) is 0 Å². The van der Waals surface area contributed by atoms with Crippen molar-refractivity contribution < 1.29 is 28.4 Å². The maximum Gasteiger partial charge on any atom is 0.492 e. The van der Waals surface area contributed by atoms with Crippen molar-refractivity contribution in [3.8, 4) is 11.1 Å². The highest BCUT2D eigenvalue weighted by Crippen LogP contribution is 2.39. The summed E-state index contributed by atoms with van der Waals surface area (Å²) in [5.74, 6) is -1.02. The lowest BCUT2D eigenvalue weighted by atomic mass is 9.76. The van der Waals surface area contributed by atoms with Gasteiger partial charge >= 0.3 is 13.2 Å². The van der Waals surface area contributed by atoms with Gasteiger partial charge in [0.1, 0.15) is 5.60 Å². The van der Waals surface area contributed by atoms with E-state index >= 15 is 0 Å². The van der Waals surface area contributed by atoms with Gasteiger partial charge in [-0.3, -0.25) is 9.59 Å². The van der Waals surface area contributed by atoms with Gasteiger partial charge < -0.3 is 19.4 Å². The van der Waals surface area contributed by atoms with Crippen molar-refractivity contribution >= 4 is 30.9 Å². The fourth-order valence-electron chi connectivity index (χ4n) is 4.13. The molecular formula is C28H32BNO6. The Bertz CT molecular complexity index is 1260. The number of hydrogen-bond acceptors (Lipinski definition) is 6. The van der Waals surface area contributed by atoms with Crippen LogP contribution < -0.4 is 5.32 Å². The molecule has 1 amide bonds. The Balaban J connectivity index is 1.71. The first-order valence-corrected chi connectivity index (χ1v) is 12.0. The SMILES string of the molecule is CC(C)(C)OC(=O)NCC(=Cc1ccc2c(c1)-c1ccccc1C(=O)C2=O)B1OC(C)(C)C(C)(C)O1. The highest BCUT2D eigenvalue weighted by atomic mass is 16.7. The Morgan fingerprint density at radius 1 is 0.917 bits per heavy atom. The first kappa shape index (κ1) is 25.9. The minimum Gasteiger partial charge on any atom is -0.444 e. The molecule has 2 aliphatic rings. The highest BCUT2D eigenvalue weighted by Gasteiger charge is 2.52. The normalized spacial score (nSPS) is 18.5. The minimum absolute atomic E-state index is 0.136. The smallest absolute Gasteiger partial charge is 0.444 e. The molecule has 0 saturated carbocycles. The summed E-state index contributed by atoms with van der Waals surface area (Å²) in [4.78, 5) is 37.6. The molecule has 0 radical (unpaired) electrons. The van der Waals surface area contributed by atoms with E-state index in [0.29, 0.717) is 22.2 Å². The third-order valence-corrected chi connectivity index (χ3v) is 6.70. The van der Waals surface area contributed by atoms with Gasteiger partial charge in [-0.2, -0.15) is 0 Å². The predicted molar refractivity (Wildman–Crippen MR) is 139 cm³/mol. The number of alkyl carbamates (subject to hydrolysis) is 1. The summed E-state index contributed by atoms with van der Waals surface area (Å²) in [6.45, 7) is 13.4. The summed E-state index contributed by atoms with van der Waals surface area (Å²) in [5.41, 5.74) is 1.89. The molecule has 188 valence electrons. The molecule has 7 nitrogen and oxygen atoms in total. The van der Waals surface area contributed by atoms with Crippen LogP contribution in [0.3, 0.4) is 0 Å². The standard InChI is InChI=1S/C28H32BNO6/c1-26(2,3)34-25(33)30-16-18(29-35-27(4,5)28(6,7)36-29)14-17-12-13-21-22(15-17)19-10-8-9-11-20(19)23(31)24(21)32/h8-15H,16H2,1-7H3,(H,30,33). The molecule has 2 aromatic carbocycles. The van der Waals surface area contributed by atoms with Gasteiger partial charge in [0.05, 0.1) is 11.2 Å². The average molecular weight is 489 g/mol. The van der Waals surface area contributed by atoms with Crippen LogP contribution in [0.1, 0.15) is 74.7 Å². The van der Waals surface area contributed by atoms with E-state index in [4.69, 9.17) is 14.0 Å². The van der Waals surface area contributed by atoms with E-state index in [9.17, 15) is 14.4 Å². The summed E-state index contributed by atoms with van der Waals surface area (Å²) in [6, 6.07) is 12.4. The number of ketones is 2. The number of carbonyl (C=O) groups is 3. The Morgan fingerprint density at radius 3 is 2.06 bits per heavy atom. The molecule has 1 saturated heterocycles. The second kappa shape index (κ2) is 9.02. The highest BCUT2D eigenvalue weighted by molar-refractivity contribution is 6.56. The quantitative estimate of drug-likeness (QED) is 0.465. The summed E-state index contributed by atoms with van der Waals surface area (Å²) >= 11 is 0. The zero-order valence-corrected chi connectivity index (χ0v) is 21.9. The second-order valence-corrected chi connectivity index (χ2v) is 11.2. The number of ether oxygens (including phenoxy) is 1. The first-order valence-electron chi connectivity index (χ1n) is 12.0. The second-order valence-electron chi connectivity index (χ2n) is 11.2. The Labute approximate surface area is 212 Å². The third-order valence-electron chi connectivity index (χ3n) is 6.70. The van der Waals surface area contributed by atoms with Gasteiger partial charge in [-0.1, -0.05) is 36.4 Å². The van der Waals surface area contributed by atoms with Crippen molar-refractivity contribution in [3.05, 3.63) is 64.6 Å². The van der Waals surface area contributed by atoms with Crippen molar-refractivity contribution in [1.82, 2.24) is 5.32 Å². The molecule has 1 aliphatic heterocycles. The van der Waals surface area contributed by atoms with Crippen molar-refractivity contribution in [3.63, 3.8) is 0 Å².